The van der Waals surface area contributed by atoms with Crippen molar-refractivity contribution in [2.45, 2.75) is 19.6 Å². The summed E-state index contributed by atoms with van der Waals surface area (Å²) in [5, 5.41) is 0. The van der Waals surface area contributed by atoms with E-state index in [1.165, 1.54) is 6.07 Å². The summed E-state index contributed by atoms with van der Waals surface area (Å²) in [6.45, 7) is 2.83. The summed E-state index contributed by atoms with van der Waals surface area (Å²) in [7, 11) is 1.62. The second kappa shape index (κ2) is 6.20. The highest BCUT2D eigenvalue weighted by atomic mass is 79.9. The Morgan fingerprint density at radius 2 is 2.20 bits per heavy atom. The van der Waals surface area contributed by atoms with Crippen LogP contribution in [0.2, 0.25) is 0 Å². The Morgan fingerprint density at radius 1 is 1.47 bits per heavy atom. The molecule has 4 heteroatoms. The molecule has 0 aliphatic heterocycles. The predicted octanol–water partition coefficient (Wildman–Crippen LogP) is 3.14. The largest absolute Gasteiger partial charge is 0.382 e. The molecule has 1 aromatic carbocycles. The maximum Gasteiger partial charge on any atom is 0.137 e. The lowest BCUT2D eigenvalue weighted by Gasteiger charge is -2.12. The Hall–Kier alpha value is -0.450. The van der Waals surface area contributed by atoms with Crippen LogP contribution in [0.5, 0.6) is 0 Å². The zero-order chi connectivity index (χ0) is 11.3. The molecule has 1 atom stereocenters. The van der Waals surface area contributed by atoms with Gasteiger partial charge in [0.05, 0.1) is 23.8 Å². The Kier molecular flexibility index (Phi) is 5.22. The zero-order valence-corrected chi connectivity index (χ0v) is 10.4. The van der Waals surface area contributed by atoms with Gasteiger partial charge in [0.1, 0.15) is 5.82 Å². The molecule has 1 rings (SSSR count). The summed E-state index contributed by atoms with van der Waals surface area (Å²) in [6, 6.07) is 4.90. The Labute approximate surface area is 97.5 Å². The summed E-state index contributed by atoms with van der Waals surface area (Å²) in [4.78, 5) is 0. The molecule has 0 bridgehead atoms. The van der Waals surface area contributed by atoms with Crippen molar-refractivity contribution < 1.29 is 13.9 Å². The van der Waals surface area contributed by atoms with Crippen molar-refractivity contribution in [1.29, 1.82) is 0 Å². The molecule has 0 saturated carbocycles. The van der Waals surface area contributed by atoms with Crippen LogP contribution in [0.25, 0.3) is 0 Å². The Balaban J connectivity index is 2.54. The van der Waals surface area contributed by atoms with Gasteiger partial charge in [-0.05, 0) is 34.5 Å². The number of ether oxygens (including phenoxy) is 2. The van der Waals surface area contributed by atoms with Gasteiger partial charge >= 0.3 is 0 Å². The van der Waals surface area contributed by atoms with E-state index in [0.29, 0.717) is 17.7 Å². The lowest BCUT2D eigenvalue weighted by molar-refractivity contribution is -0.000421. The second-order valence-electron chi connectivity index (χ2n) is 3.29. The van der Waals surface area contributed by atoms with E-state index in [-0.39, 0.29) is 11.9 Å². The molecule has 0 saturated heterocycles. The summed E-state index contributed by atoms with van der Waals surface area (Å²) in [5.41, 5.74) is 0.804. The highest BCUT2D eigenvalue weighted by Crippen LogP contribution is 2.21. The minimum atomic E-state index is -0.268. The average molecular weight is 277 g/mol. The number of hydrogen-bond donors (Lipinski definition) is 0. The SMILES string of the molecule is COCC(C)OCc1cccc(F)c1Br. The number of benzene rings is 1. The molecular formula is C11H14BrFO2. The predicted molar refractivity (Wildman–Crippen MR) is 60.2 cm³/mol. The fourth-order valence-corrected chi connectivity index (χ4v) is 1.55. The normalized spacial score (nSPS) is 12.8. The molecule has 1 aromatic rings. The van der Waals surface area contributed by atoms with Crippen LogP contribution in [0.3, 0.4) is 0 Å². The maximum absolute atomic E-state index is 13.1. The van der Waals surface area contributed by atoms with Gasteiger partial charge in [0.15, 0.2) is 0 Å². The van der Waals surface area contributed by atoms with E-state index in [1.54, 1.807) is 13.2 Å². The van der Waals surface area contributed by atoms with Crippen LogP contribution in [-0.2, 0) is 16.1 Å². The molecule has 0 spiro atoms. The molecule has 0 fully saturated rings. The first kappa shape index (κ1) is 12.6. The monoisotopic (exact) mass is 276 g/mol. The average Bonchev–Trinajstić information content (AvgIpc) is 2.21. The fraction of sp³-hybridized carbons (Fsp3) is 0.455. The van der Waals surface area contributed by atoms with E-state index in [2.05, 4.69) is 15.9 Å². The third kappa shape index (κ3) is 3.89. The van der Waals surface area contributed by atoms with Crippen molar-refractivity contribution in [1.82, 2.24) is 0 Å². The first-order chi connectivity index (χ1) is 7.15. The quantitative estimate of drug-likeness (QED) is 0.823. The number of hydrogen-bond acceptors (Lipinski definition) is 2. The summed E-state index contributed by atoms with van der Waals surface area (Å²) in [5.74, 6) is -0.268. The van der Waals surface area contributed by atoms with Gasteiger partial charge < -0.3 is 9.47 Å². The molecular weight excluding hydrogens is 263 g/mol. The maximum atomic E-state index is 13.1. The van der Waals surface area contributed by atoms with Crippen molar-refractivity contribution in [2.75, 3.05) is 13.7 Å². The molecule has 0 aliphatic carbocycles. The lowest BCUT2D eigenvalue weighted by atomic mass is 10.2. The van der Waals surface area contributed by atoms with E-state index in [0.717, 1.165) is 5.56 Å². The summed E-state index contributed by atoms with van der Waals surface area (Å²) < 4.78 is 24.0. The van der Waals surface area contributed by atoms with Gasteiger partial charge in [0, 0.05) is 7.11 Å². The standard InChI is InChI=1S/C11H14BrFO2/c1-8(6-14-2)15-7-9-4-3-5-10(13)11(9)12/h3-5,8H,6-7H2,1-2H3. The molecule has 2 nitrogen and oxygen atoms in total. The molecule has 0 heterocycles. The zero-order valence-electron chi connectivity index (χ0n) is 8.80. The van der Waals surface area contributed by atoms with Gasteiger partial charge in [-0.1, -0.05) is 12.1 Å². The summed E-state index contributed by atoms with van der Waals surface area (Å²) in [6.07, 6.45) is 0.00478. The number of rotatable bonds is 5. The Morgan fingerprint density at radius 3 is 2.87 bits per heavy atom. The first-order valence-electron chi connectivity index (χ1n) is 4.68. The molecule has 0 amide bonds. The molecule has 1 unspecified atom stereocenters. The van der Waals surface area contributed by atoms with E-state index < -0.39 is 0 Å². The van der Waals surface area contributed by atoms with E-state index in [1.807, 2.05) is 13.0 Å². The highest BCUT2D eigenvalue weighted by Gasteiger charge is 2.07. The van der Waals surface area contributed by atoms with Crippen LogP contribution in [0.1, 0.15) is 12.5 Å². The van der Waals surface area contributed by atoms with E-state index >= 15 is 0 Å². The molecule has 84 valence electrons. The topological polar surface area (TPSA) is 18.5 Å². The van der Waals surface area contributed by atoms with Crippen LogP contribution in [0.15, 0.2) is 22.7 Å². The first-order valence-corrected chi connectivity index (χ1v) is 5.48. The number of halogens is 2. The molecule has 15 heavy (non-hydrogen) atoms. The van der Waals surface area contributed by atoms with Crippen LogP contribution in [-0.4, -0.2) is 19.8 Å². The third-order valence-electron chi connectivity index (χ3n) is 1.96. The summed E-state index contributed by atoms with van der Waals surface area (Å²) >= 11 is 3.18. The fourth-order valence-electron chi connectivity index (χ4n) is 1.17. The minimum Gasteiger partial charge on any atom is -0.382 e. The van der Waals surface area contributed by atoms with Gasteiger partial charge in [-0.2, -0.15) is 0 Å². The second-order valence-corrected chi connectivity index (χ2v) is 4.08. The van der Waals surface area contributed by atoms with Gasteiger partial charge in [-0.3, -0.25) is 0 Å². The smallest absolute Gasteiger partial charge is 0.137 e. The molecule has 0 radical (unpaired) electrons. The van der Waals surface area contributed by atoms with Gasteiger partial charge in [0.25, 0.3) is 0 Å². The third-order valence-corrected chi connectivity index (χ3v) is 2.84. The van der Waals surface area contributed by atoms with Crippen molar-refractivity contribution >= 4 is 15.9 Å². The Bertz CT molecular complexity index is 317. The van der Waals surface area contributed by atoms with Crippen molar-refractivity contribution in [3.63, 3.8) is 0 Å². The van der Waals surface area contributed by atoms with Crippen LogP contribution in [0, 0.1) is 5.82 Å². The molecule has 0 N–H and O–H groups in total. The van der Waals surface area contributed by atoms with Crippen molar-refractivity contribution in [3.8, 4) is 0 Å². The number of methoxy groups -OCH3 is 1. The van der Waals surface area contributed by atoms with Crippen LogP contribution in [0.4, 0.5) is 4.39 Å². The van der Waals surface area contributed by atoms with Crippen LogP contribution >= 0.6 is 15.9 Å². The highest BCUT2D eigenvalue weighted by molar-refractivity contribution is 9.10. The van der Waals surface area contributed by atoms with Gasteiger partial charge in [-0.25, -0.2) is 4.39 Å². The van der Waals surface area contributed by atoms with Crippen molar-refractivity contribution in [2.24, 2.45) is 0 Å². The van der Waals surface area contributed by atoms with Gasteiger partial charge in [0.2, 0.25) is 0 Å². The minimum absolute atomic E-state index is 0.00478. The van der Waals surface area contributed by atoms with E-state index in [4.69, 9.17) is 9.47 Å². The van der Waals surface area contributed by atoms with Crippen LogP contribution < -0.4 is 0 Å². The molecule has 0 aliphatic rings. The lowest BCUT2D eigenvalue weighted by Crippen LogP contribution is -2.14. The van der Waals surface area contributed by atoms with Gasteiger partial charge in [-0.15, -0.1) is 0 Å². The van der Waals surface area contributed by atoms with E-state index in [9.17, 15) is 4.39 Å². The molecule has 0 aromatic heterocycles. The van der Waals surface area contributed by atoms with Crippen molar-refractivity contribution in [3.05, 3.63) is 34.1 Å².